The Morgan fingerprint density at radius 3 is 2.29 bits per heavy atom. The average Bonchev–Trinajstić information content (AvgIpc) is 2.96. The van der Waals surface area contributed by atoms with Crippen molar-refractivity contribution in [2.45, 2.75) is 0 Å². The second kappa shape index (κ2) is 5.45. The molecule has 21 heavy (non-hydrogen) atoms. The predicted molar refractivity (Wildman–Crippen MR) is 71.5 cm³/mol. The highest BCUT2D eigenvalue weighted by molar-refractivity contribution is 6.04. The van der Waals surface area contributed by atoms with Crippen molar-refractivity contribution in [3.05, 3.63) is 57.8 Å². The summed E-state index contributed by atoms with van der Waals surface area (Å²) in [6.07, 6.45) is 0. The maximum atomic E-state index is 12.1. The maximum absolute atomic E-state index is 12.1. The molecular weight excluding hydrogens is 280 g/mol. The van der Waals surface area contributed by atoms with Crippen LogP contribution in [0.1, 0.15) is 20.9 Å². The molecule has 0 bridgehead atoms. The molecule has 0 saturated carbocycles. The summed E-state index contributed by atoms with van der Waals surface area (Å²) >= 11 is 0. The van der Waals surface area contributed by atoms with E-state index in [-0.39, 0.29) is 11.3 Å². The molecule has 8 nitrogen and oxygen atoms in total. The van der Waals surface area contributed by atoms with E-state index in [4.69, 9.17) is 9.52 Å². The van der Waals surface area contributed by atoms with Crippen LogP contribution in [-0.2, 0) is 0 Å². The first kappa shape index (κ1) is 14.3. The third-order valence-electron chi connectivity index (χ3n) is 2.79. The molecule has 108 valence electrons. The average molecular weight is 290 g/mol. The molecule has 0 aliphatic heterocycles. The number of hydrogen-bond donors (Lipinski definition) is 1. The molecule has 0 radical (unpaired) electrons. The van der Waals surface area contributed by atoms with E-state index in [1.807, 2.05) is 0 Å². The first-order valence-corrected chi connectivity index (χ1v) is 5.76. The summed E-state index contributed by atoms with van der Waals surface area (Å²) in [5.41, 5.74) is 0.525. The van der Waals surface area contributed by atoms with Crippen LogP contribution in [0.5, 0.6) is 0 Å². The Morgan fingerprint density at radius 2 is 1.81 bits per heavy atom. The monoisotopic (exact) mass is 290 g/mol. The zero-order valence-corrected chi connectivity index (χ0v) is 10.8. The Bertz CT molecular complexity index is 704. The lowest BCUT2D eigenvalue weighted by molar-refractivity contribution is -0.402. The first-order chi connectivity index (χ1) is 9.90. The van der Waals surface area contributed by atoms with Crippen molar-refractivity contribution >= 4 is 23.4 Å². The van der Waals surface area contributed by atoms with Crippen LogP contribution >= 0.6 is 0 Å². The van der Waals surface area contributed by atoms with Crippen LogP contribution in [0.15, 0.2) is 40.8 Å². The molecule has 0 aliphatic rings. The van der Waals surface area contributed by atoms with Crippen molar-refractivity contribution in [3.63, 3.8) is 0 Å². The predicted octanol–water partition coefficient (Wildman–Crippen LogP) is 2.16. The quantitative estimate of drug-likeness (QED) is 0.681. The maximum Gasteiger partial charge on any atom is 0.433 e. The summed E-state index contributed by atoms with van der Waals surface area (Å²) in [5, 5.41) is 19.3. The standard InChI is InChI=1S/C13H10N2O6/c1-14(9-4-2-8(3-5-9)13(17)18)12(16)10-6-7-11(21-10)15(19)20/h2-7H,1H3,(H,17,18). The normalized spacial score (nSPS) is 10.1. The van der Waals surface area contributed by atoms with Crippen LogP contribution in [0.25, 0.3) is 0 Å². The number of hydrogen-bond acceptors (Lipinski definition) is 5. The number of furan rings is 1. The molecule has 0 unspecified atom stereocenters. The largest absolute Gasteiger partial charge is 0.478 e. The Kier molecular flexibility index (Phi) is 3.70. The number of nitrogens with zero attached hydrogens (tertiary/aromatic N) is 2. The van der Waals surface area contributed by atoms with Gasteiger partial charge in [0.25, 0.3) is 5.91 Å². The van der Waals surface area contributed by atoms with E-state index in [1.165, 1.54) is 42.3 Å². The van der Waals surface area contributed by atoms with Gasteiger partial charge in [-0.2, -0.15) is 0 Å². The summed E-state index contributed by atoms with van der Waals surface area (Å²) in [6, 6.07) is 7.92. The number of nitro groups is 1. The SMILES string of the molecule is CN(C(=O)c1ccc([N+](=O)[O-])o1)c1ccc(C(=O)O)cc1. The van der Waals surface area contributed by atoms with Crippen LogP contribution in [0.4, 0.5) is 11.6 Å². The highest BCUT2D eigenvalue weighted by Gasteiger charge is 2.21. The number of carboxylic acids is 1. The zero-order chi connectivity index (χ0) is 15.6. The highest BCUT2D eigenvalue weighted by Crippen LogP contribution is 2.20. The van der Waals surface area contributed by atoms with Crippen molar-refractivity contribution in [1.29, 1.82) is 0 Å². The van der Waals surface area contributed by atoms with Crippen LogP contribution < -0.4 is 4.90 Å². The Morgan fingerprint density at radius 1 is 1.19 bits per heavy atom. The van der Waals surface area contributed by atoms with Crippen LogP contribution in [0, 0.1) is 10.1 Å². The lowest BCUT2D eigenvalue weighted by Gasteiger charge is -2.15. The van der Waals surface area contributed by atoms with Crippen molar-refractivity contribution in [2.24, 2.45) is 0 Å². The summed E-state index contributed by atoms with van der Waals surface area (Å²) in [7, 11) is 1.45. The van der Waals surface area contributed by atoms with Crippen molar-refractivity contribution in [1.82, 2.24) is 0 Å². The molecule has 0 fully saturated rings. The van der Waals surface area contributed by atoms with E-state index in [9.17, 15) is 19.7 Å². The number of benzene rings is 1. The minimum absolute atomic E-state index is 0.0910. The second-order valence-corrected chi connectivity index (χ2v) is 4.11. The van der Waals surface area contributed by atoms with Gasteiger partial charge >= 0.3 is 11.9 Å². The van der Waals surface area contributed by atoms with Gasteiger partial charge < -0.3 is 14.4 Å². The van der Waals surface area contributed by atoms with Gasteiger partial charge in [-0.3, -0.25) is 14.9 Å². The van der Waals surface area contributed by atoms with Gasteiger partial charge in [0, 0.05) is 12.7 Å². The van der Waals surface area contributed by atoms with E-state index < -0.39 is 22.7 Å². The molecule has 1 heterocycles. The number of carbonyl (C=O) groups excluding carboxylic acids is 1. The topological polar surface area (TPSA) is 114 Å². The van der Waals surface area contributed by atoms with Gasteiger partial charge in [-0.1, -0.05) is 0 Å². The summed E-state index contributed by atoms with van der Waals surface area (Å²) in [5.74, 6) is -2.34. The highest BCUT2D eigenvalue weighted by atomic mass is 16.6. The molecule has 1 aromatic heterocycles. The third-order valence-corrected chi connectivity index (χ3v) is 2.79. The Balaban J connectivity index is 2.21. The number of carboxylic acid groups (broad SMARTS) is 1. The fourth-order valence-corrected chi connectivity index (χ4v) is 1.65. The van der Waals surface area contributed by atoms with Crippen molar-refractivity contribution < 1.29 is 24.0 Å². The van der Waals surface area contributed by atoms with Crippen LogP contribution in [0.3, 0.4) is 0 Å². The first-order valence-electron chi connectivity index (χ1n) is 5.76. The smallest absolute Gasteiger partial charge is 0.433 e. The van der Waals surface area contributed by atoms with Crippen molar-refractivity contribution in [3.8, 4) is 0 Å². The van der Waals surface area contributed by atoms with Gasteiger partial charge in [-0.05, 0) is 30.3 Å². The summed E-state index contributed by atoms with van der Waals surface area (Å²) in [6.45, 7) is 0. The Labute approximate surface area is 118 Å². The number of aromatic carboxylic acids is 1. The molecule has 1 aromatic carbocycles. The molecule has 0 aliphatic carbocycles. The fraction of sp³-hybridized carbons (Fsp3) is 0.0769. The van der Waals surface area contributed by atoms with E-state index in [0.29, 0.717) is 5.69 Å². The minimum atomic E-state index is -1.07. The van der Waals surface area contributed by atoms with Gasteiger partial charge in [0.15, 0.2) is 5.76 Å². The lowest BCUT2D eigenvalue weighted by atomic mass is 10.2. The fourth-order valence-electron chi connectivity index (χ4n) is 1.65. The summed E-state index contributed by atoms with van der Waals surface area (Å²) < 4.78 is 4.83. The van der Waals surface area contributed by atoms with E-state index in [2.05, 4.69) is 0 Å². The third kappa shape index (κ3) is 2.89. The van der Waals surface area contributed by atoms with Crippen LogP contribution in [0.2, 0.25) is 0 Å². The van der Waals surface area contributed by atoms with Crippen LogP contribution in [-0.4, -0.2) is 29.0 Å². The molecule has 2 rings (SSSR count). The molecular formula is C13H10N2O6. The van der Waals surface area contributed by atoms with E-state index >= 15 is 0 Å². The van der Waals surface area contributed by atoms with Gasteiger partial charge in [0.2, 0.25) is 0 Å². The lowest BCUT2D eigenvalue weighted by Crippen LogP contribution is -2.25. The Hall–Kier alpha value is -3.16. The van der Waals surface area contributed by atoms with Gasteiger partial charge in [-0.25, -0.2) is 4.79 Å². The number of rotatable bonds is 4. The van der Waals surface area contributed by atoms with Gasteiger partial charge in [-0.15, -0.1) is 0 Å². The molecule has 1 N–H and O–H groups in total. The summed E-state index contributed by atoms with van der Waals surface area (Å²) in [4.78, 5) is 33.8. The molecule has 2 aromatic rings. The van der Waals surface area contributed by atoms with E-state index in [1.54, 1.807) is 0 Å². The zero-order valence-electron chi connectivity index (χ0n) is 10.8. The molecule has 8 heteroatoms. The van der Waals surface area contributed by atoms with Gasteiger partial charge in [0.1, 0.15) is 4.92 Å². The van der Waals surface area contributed by atoms with E-state index in [0.717, 1.165) is 6.07 Å². The molecule has 1 amide bonds. The molecule has 0 spiro atoms. The minimum Gasteiger partial charge on any atom is -0.478 e. The number of amides is 1. The van der Waals surface area contributed by atoms with Crippen molar-refractivity contribution in [2.75, 3.05) is 11.9 Å². The molecule has 0 atom stereocenters. The number of carbonyl (C=O) groups is 2. The molecule has 0 saturated heterocycles. The second-order valence-electron chi connectivity index (χ2n) is 4.11. The van der Waals surface area contributed by atoms with Gasteiger partial charge in [0.05, 0.1) is 11.6 Å². The number of anilines is 1.